The fourth-order valence-corrected chi connectivity index (χ4v) is 1.91. The molecule has 16 heavy (non-hydrogen) atoms. The Hall–Kier alpha value is -1.16. The maximum absolute atomic E-state index is 10.2. The van der Waals surface area contributed by atoms with E-state index in [2.05, 4.69) is 0 Å². The second kappa shape index (κ2) is 7.17. The zero-order valence-electron chi connectivity index (χ0n) is 9.31. The van der Waals surface area contributed by atoms with Gasteiger partial charge < -0.3 is 9.84 Å². The summed E-state index contributed by atoms with van der Waals surface area (Å²) in [4.78, 5) is 10.2. The van der Waals surface area contributed by atoms with Gasteiger partial charge >= 0.3 is 5.97 Å². The van der Waals surface area contributed by atoms with Crippen molar-refractivity contribution in [1.82, 2.24) is 0 Å². The number of ether oxygens (including phenoxy) is 1. The number of benzene rings is 1. The van der Waals surface area contributed by atoms with Crippen molar-refractivity contribution in [3.63, 3.8) is 0 Å². The number of hydrogen-bond acceptors (Lipinski definition) is 3. The second-order valence-electron chi connectivity index (χ2n) is 3.42. The smallest absolute Gasteiger partial charge is 0.304 e. The minimum absolute atomic E-state index is 0.217. The lowest BCUT2D eigenvalue weighted by Gasteiger charge is -2.06. The molecule has 0 fully saturated rings. The summed E-state index contributed by atoms with van der Waals surface area (Å²) in [6.07, 6.45) is 0.217. The van der Waals surface area contributed by atoms with Crippen LogP contribution in [0.5, 0.6) is 5.75 Å². The van der Waals surface area contributed by atoms with Gasteiger partial charge in [-0.15, -0.1) is 0 Å². The van der Waals surface area contributed by atoms with Crippen molar-refractivity contribution < 1.29 is 14.6 Å². The largest absolute Gasteiger partial charge is 0.493 e. The number of aliphatic carboxylic acids is 1. The quantitative estimate of drug-likeness (QED) is 0.744. The zero-order chi connectivity index (χ0) is 11.8. The number of aryl methyl sites for hydroxylation is 1. The van der Waals surface area contributed by atoms with Crippen molar-refractivity contribution in [3.05, 3.63) is 29.8 Å². The summed E-state index contributed by atoms with van der Waals surface area (Å²) in [5.74, 6) is 1.60. The molecule has 1 rings (SSSR count). The van der Waals surface area contributed by atoms with Gasteiger partial charge in [0.2, 0.25) is 0 Å². The van der Waals surface area contributed by atoms with E-state index in [4.69, 9.17) is 9.84 Å². The summed E-state index contributed by atoms with van der Waals surface area (Å²) in [7, 11) is 0. The summed E-state index contributed by atoms with van der Waals surface area (Å²) in [6, 6.07) is 7.90. The summed E-state index contributed by atoms with van der Waals surface area (Å²) in [6.45, 7) is 2.64. The van der Waals surface area contributed by atoms with E-state index >= 15 is 0 Å². The SMILES string of the molecule is Cc1cccc(OCCSCCC(=O)O)c1. The summed E-state index contributed by atoms with van der Waals surface area (Å²) >= 11 is 1.60. The van der Waals surface area contributed by atoms with Gasteiger partial charge in [-0.2, -0.15) is 11.8 Å². The van der Waals surface area contributed by atoms with E-state index in [0.29, 0.717) is 12.4 Å². The fraction of sp³-hybridized carbons (Fsp3) is 0.417. The number of carboxylic acid groups (broad SMARTS) is 1. The molecule has 0 aliphatic rings. The lowest BCUT2D eigenvalue weighted by atomic mass is 10.2. The first kappa shape index (κ1) is 12.9. The number of rotatable bonds is 7. The molecule has 0 bridgehead atoms. The van der Waals surface area contributed by atoms with Crippen LogP contribution in [0, 0.1) is 6.92 Å². The third-order valence-electron chi connectivity index (χ3n) is 1.95. The van der Waals surface area contributed by atoms with Crippen LogP contribution in [0.4, 0.5) is 0 Å². The van der Waals surface area contributed by atoms with Gasteiger partial charge in [-0.3, -0.25) is 4.79 Å². The van der Waals surface area contributed by atoms with Crippen molar-refractivity contribution in [3.8, 4) is 5.75 Å². The summed E-state index contributed by atoms with van der Waals surface area (Å²) in [5.41, 5.74) is 1.18. The molecule has 0 radical (unpaired) electrons. The molecule has 0 spiro atoms. The molecule has 4 heteroatoms. The van der Waals surface area contributed by atoms with Gasteiger partial charge in [0.05, 0.1) is 13.0 Å². The van der Waals surface area contributed by atoms with Gasteiger partial charge in [0, 0.05) is 11.5 Å². The first-order valence-corrected chi connectivity index (χ1v) is 6.33. The predicted molar refractivity (Wildman–Crippen MR) is 66.3 cm³/mol. The molecule has 0 unspecified atom stereocenters. The standard InChI is InChI=1S/C12H16O3S/c1-10-3-2-4-11(9-10)15-6-8-16-7-5-12(13)14/h2-4,9H,5-8H2,1H3,(H,13,14). The molecule has 0 amide bonds. The van der Waals surface area contributed by atoms with Crippen molar-refractivity contribution >= 4 is 17.7 Å². The van der Waals surface area contributed by atoms with E-state index in [9.17, 15) is 4.79 Å². The third kappa shape index (κ3) is 5.66. The van der Waals surface area contributed by atoms with Crippen LogP contribution in [0.2, 0.25) is 0 Å². The first-order chi connectivity index (χ1) is 7.68. The molecule has 1 N–H and O–H groups in total. The van der Waals surface area contributed by atoms with Crippen LogP contribution in [0.1, 0.15) is 12.0 Å². The van der Waals surface area contributed by atoms with Crippen LogP contribution < -0.4 is 4.74 Å². The van der Waals surface area contributed by atoms with Crippen LogP contribution in [-0.2, 0) is 4.79 Å². The normalized spacial score (nSPS) is 10.1. The monoisotopic (exact) mass is 240 g/mol. The Kier molecular flexibility index (Phi) is 5.78. The molecule has 0 heterocycles. The Bertz CT molecular complexity index is 339. The Balaban J connectivity index is 2.09. The molecule has 0 aliphatic heterocycles. The average molecular weight is 240 g/mol. The van der Waals surface area contributed by atoms with E-state index in [0.717, 1.165) is 11.5 Å². The highest BCUT2D eigenvalue weighted by Crippen LogP contribution is 2.13. The minimum atomic E-state index is -0.743. The van der Waals surface area contributed by atoms with Crippen molar-refractivity contribution in [2.45, 2.75) is 13.3 Å². The van der Waals surface area contributed by atoms with Crippen molar-refractivity contribution in [2.75, 3.05) is 18.1 Å². The topological polar surface area (TPSA) is 46.5 Å². The Labute approximate surface area is 99.8 Å². The number of carbonyl (C=O) groups is 1. The molecular weight excluding hydrogens is 224 g/mol. The molecular formula is C12H16O3S. The Morgan fingerprint density at radius 2 is 2.25 bits per heavy atom. The second-order valence-corrected chi connectivity index (χ2v) is 4.65. The average Bonchev–Trinajstić information content (AvgIpc) is 2.23. The molecule has 0 saturated heterocycles. The molecule has 0 atom stereocenters. The van der Waals surface area contributed by atoms with E-state index in [1.165, 1.54) is 5.56 Å². The molecule has 3 nitrogen and oxygen atoms in total. The van der Waals surface area contributed by atoms with Crippen LogP contribution in [-0.4, -0.2) is 29.2 Å². The lowest BCUT2D eigenvalue weighted by Crippen LogP contribution is -2.02. The highest BCUT2D eigenvalue weighted by Gasteiger charge is 1.97. The van der Waals surface area contributed by atoms with Crippen molar-refractivity contribution in [2.24, 2.45) is 0 Å². The van der Waals surface area contributed by atoms with Gasteiger partial charge in [-0.1, -0.05) is 12.1 Å². The first-order valence-electron chi connectivity index (χ1n) is 5.17. The molecule has 0 aromatic heterocycles. The Morgan fingerprint density at radius 1 is 1.44 bits per heavy atom. The van der Waals surface area contributed by atoms with Gasteiger partial charge in [0.25, 0.3) is 0 Å². The number of hydrogen-bond donors (Lipinski definition) is 1. The lowest BCUT2D eigenvalue weighted by molar-refractivity contribution is -0.136. The van der Waals surface area contributed by atoms with Gasteiger partial charge in [-0.05, 0) is 24.6 Å². The molecule has 0 saturated carbocycles. The molecule has 1 aromatic rings. The van der Waals surface area contributed by atoms with Gasteiger partial charge in [-0.25, -0.2) is 0 Å². The fourth-order valence-electron chi connectivity index (χ4n) is 1.19. The van der Waals surface area contributed by atoms with E-state index in [-0.39, 0.29) is 6.42 Å². The minimum Gasteiger partial charge on any atom is -0.493 e. The predicted octanol–water partition coefficient (Wildman–Crippen LogP) is 2.58. The highest BCUT2D eigenvalue weighted by molar-refractivity contribution is 7.99. The summed E-state index contributed by atoms with van der Waals surface area (Å²) in [5, 5.41) is 8.43. The molecule has 88 valence electrons. The number of thioether (sulfide) groups is 1. The Morgan fingerprint density at radius 3 is 2.94 bits per heavy atom. The van der Waals surface area contributed by atoms with Gasteiger partial charge in [0.15, 0.2) is 0 Å². The number of carboxylic acids is 1. The van der Waals surface area contributed by atoms with E-state index in [1.54, 1.807) is 11.8 Å². The van der Waals surface area contributed by atoms with Crippen molar-refractivity contribution in [1.29, 1.82) is 0 Å². The van der Waals surface area contributed by atoms with Crippen LogP contribution in [0.3, 0.4) is 0 Å². The van der Waals surface area contributed by atoms with E-state index < -0.39 is 5.97 Å². The maximum atomic E-state index is 10.2. The van der Waals surface area contributed by atoms with Crippen LogP contribution in [0.15, 0.2) is 24.3 Å². The van der Waals surface area contributed by atoms with Crippen LogP contribution in [0.25, 0.3) is 0 Å². The molecule has 0 aliphatic carbocycles. The maximum Gasteiger partial charge on any atom is 0.304 e. The van der Waals surface area contributed by atoms with Gasteiger partial charge in [0.1, 0.15) is 5.75 Å². The highest BCUT2D eigenvalue weighted by atomic mass is 32.2. The third-order valence-corrected chi connectivity index (χ3v) is 2.89. The van der Waals surface area contributed by atoms with Crippen LogP contribution >= 0.6 is 11.8 Å². The van der Waals surface area contributed by atoms with E-state index in [1.807, 2.05) is 31.2 Å². The molecule has 1 aromatic carbocycles. The zero-order valence-corrected chi connectivity index (χ0v) is 10.1. The summed E-state index contributed by atoms with van der Waals surface area (Å²) < 4.78 is 5.53.